The number of nitrogens with one attached hydrogen (secondary N) is 1. The normalized spacial score (nSPS) is 10.8. The maximum Gasteiger partial charge on any atom is 0.195 e. The molecular formula is C21H21BrFNO2. The maximum atomic E-state index is 14.3. The van der Waals surface area contributed by atoms with E-state index >= 15 is 0 Å². The Labute approximate surface area is 161 Å². The Balaban J connectivity index is 1.88. The number of halogens is 2. The zero-order valence-corrected chi connectivity index (χ0v) is 16.0. The largest absolute Gasteiger partial charge is 0.489 e. The minimum absolute atomic E-state index is 0.0293. The van der Waals surface area contributed by atoms with Crippen molar-refractivity contribution in [1.29, 1.82) is 0 Å². The molecule has 0 aromatic heterocycles. The minimum atomic E-state index is -0.592. The molecule has 0 saturated heterocycles. The van der Waals surface area contributed by atoms with Crippen molar-refractivity contribution < 1.29 is 13.9 Å². The maximum absolute atomic E-state index is 14.3. The van der Waals surface area contributed by atoms with Crippen LogP contribution < -0.4 is 10.1 Å². The summed E-state index contributed by atoms with van der Waals surface area (Å²) in [4.78, 5) is 12.4. The summed E-state index contributed by atoms with van der Waals surface area (Å²) in [6.45, 7) is 5.62. The molecule has 2 aromatic rings. The Bertz CT molecular complexity index is 772. The molecule has 0 saturated carbocycles. The fourth-order valence-corrected chi connectivity index (χ4v) is 2.48. The van der Waals surface area contributed by atoms with Crippen LogP contribution in [0.25, 0.3) is 0 Å². The second kappa shape index (κ2) is 10.7. The number of benzene rings is 2. The average Bonchev–Trinajstić information content (AvgIpc) is 2.64. The first-order valence-corrected chi connectivity index (χ1v) is 9.10. The van der Waals surface area contributed by atoms with E-state index in [9.17, 15) is 9.18 Å². The van der Waals surface area contributed by atoms with Gasteiger partial charge in [-0.25, -0.2) is 4.39 Å². The van der Waals surface area contributed by atoms with Crippen molar-refractivity contribution in [2.24, 2.45) is 0 Å². The van der Waals surface area contributed by atoms with Gasteiger partial charge in [-0.05, 0) is 49.4 Å². The van der Waals surface area contributed by atoms with Crippen LogP contribution in [-0.2, 0) is 0 Å². The van der Waals surface area contributed by atoms with E-state index in [4.69, 9.17) is 4.74 Å². The van der Waals surface area contributed by atoms with Crippen molar-refractivity contribution in [2.75, 3.05) is 19.7 Å². The van der Waals surface area contributed by atoms with Gasteiger partial charge in [0, 0.05) is 22.6 Å². The number of rotatable bonds is 10. The molecule has 0 atom stereocenters. The molecule has 0 heterocycles. The lowest BCUT2D eigenvalue weighted by Crippen LogP contribution is -2.14. The summed E-state index contributed by atoms with van der Waals surface area (Å²) in [5.41, 5.74) is 0.467. The van der Waals surface area contributed by atoms with Crippen LogP contribution in [0.1, 0.15) is 22.3 Å². The number of carbonyl (C=O) groups excluding carboxylic acids is 1. The van der Waals surface area contributed by atoms with Gasteiger partial charge in [-0.2, -0.15) is 0 Å². The molecule has 0 spiro atoms. The number of hydrogen-bond acceptors (Lipinski definition) is 3. The van der Waals surface area contributed by atoms with Gasteiger partial charge in [-0.3, -0.25) is 4.79 Å². The molecule has 0 unspecified atom stereocenters. The van der Waals surface area contributed by atoms with Gasteiger partial charge in [0.1, 0.15) is 18.2 Å². The van der Waals surface area contributed by atoms with Gasteiger partial charge in [0.25, 0.3) is 0 Å². The summed E-state index contributed by atoms with van der Waals surface area (Å²) in [6, 6.07) is 11.1. The molecule has 0 aliphatic rings. The molecule has 2 rings (SSSR count). The van der Waals surface area contributed by atoms with Crippen molar-refractivity contribution in [3.63, 3.8) is 0 Å². The van der Waals surface area contributed by atoms with Gasteiger partial charge in [-0.15, -0.1) is 6.58 Å². The smallest absolute Gasteiger partial charge is 0.195 e. The Hall–Kier alpha value is -2.24. The molecule has 0 aliphatic heterocycles. The molecular weight excluding hydrogens is 397 g/mol. The van der Waals surface area contributed by atoms with Crippen LogP contribution >= 0.6 is 15.9 Å². The van der Waals surface area contributed by atoms with E-state index in [0.717, 1.165) is 24.0 Å². The zero-order valence-electron chi connectivity index (χ0n) is 14.4. The third-order valence-corrected chi connectivity index (χ3v) is 4.12. The first-order chi connectivity index (χ1) is 12.6. The van der Waals surface area contributed by atoms with Crippen molar-refractivity contribution in [3.8, 4) is 5.75 Å². The van der Waals surface area contributed by atoms with Crippen LogP contribution in [0.3, 0.4) is 0 Å². The highest BCUT2D eigenvalue weighted by molar-refractivity contribution is 9.10. The highest BCUT2D eigenvalue weighted by Crippen LogP contribution is 2.20. The Kier molecular flexibility index (Phi) is 8.25. The zero-order chi connectivity index (χ0) is 18.8. The lowest BCUT2D eigenvalue weighted by Gasteiger charge is -2.07. The number of carbonyl (C=O) groups is 1. The molecule has 1 N–H and O–H groups in total. The standard InChI is InChI=1S/C21H21BrFNO2/c1-2-3-12-24-13-4-5-14-26-18-10-11-19(20(23)15-18)21(25)16-6-8-17(22)9-7-16/h2,4-11,15,24H,1,3,12-14H2/b5-4+. The van der Waals surface area contributed by atoms with Crippen LogP contribution in [0.5, 0.6) is 5.75 Å². The molecule has 0 radical (unpaired) electrons. The summed E-state index contributed by atoms with van der Waals surface area (Å²) < 4.78 is 20.6. The molecule has 0 aliphatic carbocycles. The highest BCUT2D eigenvalue weighted by Gasteiger charge is 2.14. The SMILES string of the molecule is C=CCCNC/C=C/COc1ccc(C(=O)c2ccc(Br)cc2)c(F)c1. The molecule has 0 fully saturated rings. The first kappa shape index (κ1) is 20.1. The predicted octanol–water partition coefficient (Wildman–Crippen LogP) is 4.92. The minimum Gasteiger partial charge on any atom is -0.489 e. The fraction of sp³-hybridized carbons (Fsp3) is 0.190. The number of ketones is 1. The Morgan fingerprint density at radius 3 is 2.65 bits per heavy atom. The highest BCUT2D eigenvalue weighted by atomic mass is 79.9. The lowest BCUT2D eigenvalue weighted by atomic mass is 10.0. The lowest BCUT2D eigenvalue weighted by molar-refractivity contribution is 0.103. The Morgan fingerprint density at radius 2 is 1.96 bits per heavy atom. The summed E-state index contributed by atoms with van der Waals surface area (Å²) in [5, 5.41) is 3.22. The Morgan fingerprint density at radius 1 is 1.19 bits per heavy atom. The van der Waals surface area contributed by atoms with Crippen molar-refractivity contribution in [1.82, 2.24) is 5.32 Å². The molecule has 0 bridgehead atoms. The van der Waals surface area contributed by atoms with Crippen LogP contribution in [0, 0.1) is 5.82 Å². The summed E-state index contributed by atoms with van der Waals surface area (Å²) >= 11 is 3.31. The predicted molar refractivity (Wildman–Crippen MR) is 106 cm³/mol. The quantitative estimate of drug-likeness (QED) is 0.338. The molecule has 5 heteroatoms. The van der Waals surface area contributed by atoms with Gasteiger partial charge in [0.05, 0.1) is 5.56 Å². The van der Waals surface area contributed by atoms with Gasteiger partial charge in [0.15, 0.2) is 5.78 Å². The first-order valence-electron chi connectivity index (χ1n) is 8.31. The van der Waals surface area contributed by atoms with Crippen LogP contribution in [0.4, 0.5) is 4.39 Å². The van der Waals surface area contributed by atoms with E-state index in [1.807, 2.05) is 18.2 Å². The van der Waals surface area contributed by atoms with E-state index in [1.54, 1.807) is 30.3 Å². The van der Waals surface area contributed by atoms with E-state index in [-0.39, 0.29) is 11.3 Å². The van der Waals surface area contributed by atoms with Crippen molar-refractivity contribution in [3.05, 3.63) is 88.7 Å². The summed E-state index contributed by atoms with van der Waals surface area (Å²) in [5.74, 6) is -0.559. The van der Waals surface area contributed by atoms with Gasteiger partial charge in [0.2, 0.25) is 0 Å². The summed E-state index contributed by atoms with van der Waals surface area (Å²) in [6.07, 6.45) is 6.60. The van der Waals surface area contributed by atoms with E-state index in [2.05, 4.69) is 27.8 Å². The van der Waals surface area contributed by atoms with E-state index in [0.29, 0.717) is 17.9 Å². The van der Waals surface area contributed by atoms with Crippen molar-refractivity contribution in [2.45, 2.75) is 6.42 Å². The van der Waals surface area contributed by atoms with Gasteiger partial charge < -0.3 is 10.1 Å². The second-order valence-corrected chi connectivity index (χ2v) is 6.46. The molecule has 26 heavy (non-hydrogen) atoms. The third-order valence-electron chi connectivity index (χ3n) is 3.59. The molecule has 3 nitrogen and oxygen atoms in total. The van der Waals surface area contributed by atoms with Gasteiger partial charge >= 0.3 is 0 Å². The third kappa shape index (κ3) is 6.24. The van der Waals surface area contributed by atoms with Gasteiger partial charge in [-0.1, -0.05) is 34.2 Å². The second-order valence-electron chi connectivity index (χ2n) is 5.54. The molecule has 136 valence electrons. The molecule has 0 amide bonds. The van der Waals surface area contributed by atoms with Crippen LogP contribution in [-0.4, -0.2) is 25.5 Å². The monoisotopic (exact) mass is 417 g/mol. The van der Waals surface area contributed by atoms with Crippen LogP contribution in [0.2, 0.25) is 0 Å². The number of hydrogen-bond donors (Lipinski definition) is 1. The van der Waals surface area contributed by atoms with E-state index in [1.165, 1.54) is 12.1 Å². The topological polar surface area (TPSA) is 38.3 Å². The van der Waals surface area contributed by atoms with E-state index < -0.39 is 5.82 Å². The van der Waals surface area contributed by atoms with Crippen molar-refractivity contribution >= 4 is 21.7 Å². The fourth-order valence-electron chi connectivity index (χ4n) is 2.21. The molecule has 2 aromatic carbocycles. The average molecular weight is 418 g/mol. The van der Waals surface area contributed by atoms with Crippen LogP contribution in [0.15, 0.2) is 71.7 Å². The summed E-state index contributed by atoms with van der Waals surface area (Å²) in [7, 11) is 0. The number of ether oxygens (including phenoxy) is 1.